The highest BCUT2D eigenvalue weighted by molar-refractivity contribution is 5.60. The molecule has 1 aliphatic heterocycles. The Hall–Kier alpha value is -3.22. The van der Waals surface area contributed by atoms with Crippen LogP contribution in [0.15, 0.2) is 48.7 Å². The highest BCUT2D eigenvalue weighted by Crippen LogP contribution is 2.22. The van der Waals surface area contributed by atoms with E-state index in [1.165, 1.54) is 0 Å². The fourth-order valence-corrected chi connectivity index (χ4v) is 3.32. The van der Waals surface area contributed by atoms with Gasteiger partial charge in [-0.2, -0.15) is 0 Å². The summed E-state index contributed by atoms with van der Waals surface area (Å²) in [6.07, 6.45) is 1.81. The maximum atomic E-state index is 5.49. The van der Waals surface area contributed by atoms with Gasteiger partial charge in [0.05, 0.1) is 12.3 Å². The van der Waals surface area contributed by atoms with Gasteiger partial charge in [0.15, 0.2) is 5.82 Å². The largest absolute Gasteiger partial charge is 0.494 e. The average molecular weight is 376 g/mol. The van der Waals surface area contributed by atoms with Crippen LogP contribution in [0.1, 0.15) is 12.7 Å². The van der Waals surface area contributed by atoms with Gasteiger partial charge >= 0.3 is 0 Å². The zero-order valence-corrected chi connectivity index (χ0v) is 16.2. The second-order valence-corrected chi connectivity index (χ2v) is 6.67. The first-order chi connectivity index (χ1) is 13.7. The Kier molecular flexibility index (Phi) is 5.32. The van der Waals surface area contributed by atoms with E-state index < -0.39 is 0 Å². The van der Waals surface area contributed by atoms with E-state index >= 15 is 0 Å². The van der Waals surface area contributed by atoms with Gasteiger partial charge in [0, 0.05) is 37.9 Å². The third-order valence-corrected chi connectivity index (χ3v) is 4.80. The first-order valence-corrected chi connectivity index (χ1v) is 9.59. The second kappa shape index (κ2) is 8.21. The van der Waals surface area contributed by atoms with Crippen LogP contribution in [0.25, 0.3) is 11.3 Å². The van der Waals surface area contributed by atoms with Crippen LogP contribution < -0.4 is 14.5 Å². The minimum atomic E-state index is 0.665. The van der Waals surface area contributed by atoms with Gasteiger partial charge in [-0.25, -0.2) is 9.97 Å². The molecule has 0 atom stereocenters. The number of aryl methyl sites for hydroxylation is 1. The first kappa shape index (κ1) is 18.2. The molecule has 0 unspecified atom stereocenters. The molecule has 3 aromatic rings. The number of anilines is 2. The summed E-state index contributed by atoms with van der Waals surface area (Å²) < 4.78 is 5.49. The van der Waals surface area contributed by atoms with Crippen molar-refractivity contribution < 1.29 is 4.74 Å². The SMILES string of the molecule is CCOc1ccc(-c2ccc(N3CCN(c4ccnc(C)n4)CC3)nn2)cc1. The molecule has 7 nitrogen and oxygen atoms in total. The minimum Gasteiger partial charge on any atom is -0.494 e. The molecule has 1 saturated heterocycles. The molecule has 0 bridgehead atoms. The fraction of sp³-hybridized carbons (Fsp3) is 0.333. The lowest BCUT2D eigenvalue weighted by molar-refractivity contribution is 0.340. The maximum Gasteiger partial charge on any atom is 0.151 e. The molecule has 28 heavy (non-hydrogen) atoms. The smallest absolute Gasteiger partial charge is 0.151 e. The van der Waals surface area contributed by atoms with Crippen LogP contribution >= 0.6 is 0 Å². The van der Waals surface area contributed by atoms with Crippen LogP contribution in [0.3, 0.4) is 0 Å². The van der Waals surface area contributed by atoms with Crippen molar-refractivity contribution >= 4 is 11.6 Å². The highest BCUT2D eigenvalue weighted by atomic mass is 16.5. The van der Waals surface area contributed by atoms with Gasteiger partial charge in [0.25, 0.3) is 0 Å². The lowest BCUT2D eigenvalue weighted by atomic mass is 10.1. The highest BCUT2D eigenvalue weighted by Gasteiger charge is 2.19. The standard InChI is InChI=1S/C21H24N6O/c1-3-28-18-6-4-17(5-7-18)19-8-9-21(25-24-19)27-14-12-26(13-15-27)20-10-11-22-16(2)23-20/h4-11H,3,12-15H2,1-2H3. The molecule has 1 aromatic carbocycles. The van der Waals surface area contributed by atoms with Crippen LogP contribution in [0, 0.1) is 6.92 Å². The summed E-state index contributed by atoms with van der Waals surface area (Å²) in [6, 6.07) is 14.0. The molecule has 0 amide bonds. The van der Waals surface area contributed by atoms with E-state index in [0.717, 1.165) is 60.6 Å². The Bertz CT molecular complexity index is 905. The summed E-state index contributed by atoms with van der Waals surface area (Å²) >= 11 is 0. The number of hydrogen-bond donors (Lipinski definition) is 0. The van der Waals surface area contributed by atoms with Crippen molar-refractivity contribution in [3.05, 3.63) is 54.5 Å². The van der Waals surface area contributed by atoms with Crippen molar-refractivity contribution in [2.24, 2.45) is 0 Å². The molecule has 144 valence electrons. The number of piperazine rings is 1. The molecular weight excluding hydrogens is 352 g/mol. The predicted molar refractivity (Wildman–Crippen MR) is 110 cm³/mol. The van der Waals surface area contributed by atoms with Gasteiger partial charge in [0.2, 0.25) is 0 Å². The van der Waals surface area contributed by atoms with E-state index in [0.29, 0.717) is 6.61 Å². The van der Waals surface area contributed by atoms with Crippen molar-refractivity contribution in [3.63, 3.8) is 0 Å². The molecule has 7 heteroatoms. The summed E-state index contributed by atoms with van der Waals surface area (Å²) in [6.45, 7) is 8.14. The van der Waals surface area contributed by atoms with E-state index in [-0.39, 0.29) is 0 Å². The lowest BCUT2D eigenvalue weighted by Crippen LogP contribution is -2.47. The van der Waals surface area contributed by atoms with E-state index in [2.05, 4.69) is 30.0 Å². The number of aromatic nitrogens is 4. The van der Waals surface area contributed by atoms with Gasteiger partial charge < -0.3 is 14.5 Å². The molecule has 0 radical (unpaired) electrons. The maximum absolute atomic E-state index is 5.49. The second-order valence-electron chi connectivity index (χ2n) is 6.67. The molecule has 4 rings (SSSR count). The molecule has 1 fully saturated rings. The number of benzene rings is 1. The van der Waals surface area contributed by atoms with E-state index in [9.17, 15) is 0 Å². The Morgan fingerprint density at radius 3 is 2.18 bits per heavy atom. The Morgan fingerprint density at radius 2 is 1.57 bits per heavy atom. The average Bonchev–Trinajstić information content (AvgIpc) is 2.75. The van der Waals surface area contributed by atoms with Crippen molar-refractivity contribution in [1.29, 1.82) is 0 Å². The van der Waals surface area contributed by atoms with Crippen LogP contribution in [0.2, 0.25) is 0 Å². The molecule has 0 N–H and O–H groups in total. The molecule has 0 aliphatic carbocycles. The molecule has 3 heterocycles. The van der Waals surface area contributed by atoms with Crippen LogP contribution in [-0.2, 0) is 0 Å². The fourth-order valence-electron chi connectivity index (χ4n) is 3.32. The number of nitrogens with zero attached hydrogens (tertiary/aromatic N) is 6. The molecule has 0 saturated carbocycles. The van der Waals surface area contributed by atoms with Crippen molar-refractivity contribution in [1.82, 2.24) is 20.2 Å². The molecule has 1 aliphatic rings. The van der Waals surface area contributed by atoms with Crippen molar-refractivity contribution in [2.45, 2.75) is 13.8 Å². The predicted octanol–water partition coefficient (Wildman–Crippen LogP) is 2.97. The van der Waals surface area contributed by atoms with Gasteiger partial charge in [-0.1, -0.05) is 0 Å². The number of ether oxygens (including phenoxy) is 1. The van der Waals surface area contributed by atoms with Gasteiger partial charge in [-0.05, 0) is 56.3 Å². The molecule has 2 aromatic heterocycles. The summed E-state index contributed by atoms with van der Waals surface area (Å²) in [4.78, 5) is 13.2. The monoisotopic (exact) mass is 376 g/mol. The number of rotatable bonds is 5. The van der Waals surface area contributed by atoms with E-state index in [4.69, 9.17) is 4.74 Å². The topological polar surface area (TPSA) is 67.3 Å². The summed E-state index contributed by atoms with van der Waals surface area (Å²) in [7, 11) is 0. The normalized spacial score (nSPS) is 14.2. The van der Waals surface area contributed by atoms with Crippen molar-refractivity contribution in [2.75, 3.05) is 42.6 Å². The summed E-state index contributed by atoms with van der Waals surface area (Å²) in [5.41, 5.74) is 1.90. The lowest BCUT2D eigenvalue weighted by Gasteiger charge is -2.35. The van der Waals surface area contributed by atoms with Gasteiger partial charge in [-0.15, -0.1) is 10.2 Å². The Balaban J connectivity index is 1.39. The Labute approximate surface area is 165 Å². The minimum absolute atomic E-state index is 0.665. The van der Waals surface area contributed by atoms with Crippen LogP contribution in [0.5, 0.6) is 5.75 Å². The zero-order valence-electron chi connectivity index (χ0n) is 16.2. The van der Waals surface area contributed by atoms with E-state index in [1.54, 1.807) is 0 Å². The zero-order chi connectivity index (χ0) is 19.3. The summed E-state index contributed by atoms with van der Waals surface area (Å²) in [5, 5.41) is 8.87. The van der Waals surface area contributed by atoms with Gasteiger partial charge in [0.1, 0.15) is 17.4 Å². The number of hydrogen-bond acceptors (Lipinski definition) is 7. The summed E-state index contributed by atoms with van der Waals surface area (Å²) in [5.74, 6) is 3.57. The third kappa shape index (κ3) is 4.03. The van der Waals surface area contributed by atoms with Gasteiger partial charge in [-0.3, -0.25) is 0 Å². The molecule has 0 spiro atoms. The van der Waals surface area contributed by atoms with Crippen molar-refractivity contribution in [3.8, 4) is 17.0 Å². The first-order valence-electron chi connectivity index (χ1n) is 9.59. The van der Waals surface area contributed by atoms with Crippen LogP contribution in [0.4, 0.5) is 11.6 Å². The quantitative estimate of drug-likeness (QED) is 0.678. The molecular formula is C21H24N6O. The van der Waals surface area contributed by atoms with Crippen LogP contribution in [-0.4, -0.2) is 53.0 Å². The third-order valence-electron chi connectivity index (χ3n) is 4.80. The van der Waals surface area contributed by atoms with E-state index in [1.807, 2.05) is 62.5 Å². The Morgan fingerprint density at radius 1 is 0.857 bits per heavy atom.